The summed E-state index contributed by atoms with van der Waals surface area (Å²) in [6.07, 6.45) is 4.55. The van der Waals surface area contributed by atoms with Crippen molar-refractivity contribution < 1.29 is 27.5 Å². The molecule has 3 aliphatic rings. The molecule has 3 heterocycles. The molecule has 0 aliphatic carbocycles. The predicted molar refractivity (Wildman–Crippen MR) is 124 cm³/mol. The normalized spacial score (nSPS) is 25.9. The summed E-state index contributed by atoms with van der Waals surface area (Å²) in [5, 5.41) is 0. The first-order valence-corrected chi connectivity index (χ1v) is 13.4. The number of hydrogen-bond acceptors (Lipinski definition) is 6. The number of amides is 2. The van der Waals surface area contributed by atoms with Crippen molar-refractivity contribution in [1.29, 1.82) is 0 Å². The molecule has 10 heteroatoms. The number of nitrogens with one attached hydrogen (secondary N) is 1. The summed E-state index contributed by atoms with van der Waals surface area (Å²) in [5.41, 5.74) is 0.643. The molecule has 0 aromatic heterocycles. The zero-order valence-corrected chi connectivity index (χ0v) is 20.1. The van der Waals surface area contributed by atoms with E-state index in [0.717, 1.165) is 25.9 Å². The number of benzene rings is 1. The Labute approximate surface area is 195 Å². The first-order chi connectivity index (χ1) is 15.8. The number of piperidine rings is 1. The van der Waals surface area contributed by atoms with Gasteiger partial charge in [0, 0.05) is 25.8 Å². The average Bonchev–Trinajstić information content (AvgIpc) is 2.82. The molecule has 3 aliphatic heterocycles. The zero-order chi connectivity index (χ0) is 23.6. The van der Waals surface area contributed by atoms with E-state index in [0.29, 0.717) is 36.3 Å². The van der Waals surface area contributed by atoms with E-state index >= 15 is 0 Å². The van der Waals surface area contributed by atoms with Crippen molar-refractivity contribution in [3.63, 3.8) is 0 Å². The minimum absolute atomic E-state index is 0.0586. The third kappa shape index (κ3) is 5.43. The summed E-state index contributed by atoms with van der Waals surface area (Å²) in [7, 11) is -1.72. The molecular weight excluding hydrogens is 446 g/mol. The summed E-state index contributed by atoms with van der Waals surface area (Å²) < 4.78 is 38.5. The summed E-state index contributed by atoms with van der Waals surface area (Å²) in [6, 6.07) is 4.53. The SMILES string of the molecule is CCS(=O)(=O)Nc1ccc2c(c1)C(=O)N(C)[C@H]1CC[C@H](CC(=O)N3CCCCC3)O[C@@H]1CO2. The van der Waals surface area contributed by atoms with Crippen LogP contribution in [-0.4, -0.2) is 80.8 Å². The molecule has 2 amide bonds. The quantitative estimate of drug-likeness (QED) is 0.694. The van der Waals surface area contributed by atoms with Gasteiger partial charge in [0.05, 0.1) is 29.9 Å². The smallest absolute Gasteiger partial charge is 0.257 e. The lowest BCUT2D eigenvalue weighted by atomic mass is 9.94. The number of ether oxygens (including phenoxy) is 2. The molecule has 0 spiro atoms. The van der Waals surface area contributed by atoms with Crippen molar-refractivity contribution in [2.75, 3.05) is 37.2 Å². The molecule has 2 saturated heterocycles. The summed E-state index contributed by atoms with van der Waals surface area (Å²) >= 11 is 0. The number of rotatable bonds is 5. The average molecular weight is 480 g/mol. The number of nitrogens with zero attached hydrogens (tertiary/aromatic N) is 2. The van der Waals surface area contributed by atoms with Gasteiger partial charge < -0.3 is 19.3 Å². The second kappa shape index (κ2) is 9.89. The second-order valence-electron chi connectivity index (χ2n) is 9.03. The molecule has 33 heavy (non-hydrogen) atoms. The van der Waals surface area contributed by atoms with Crippen LogP contribution in [0, 0.1) is 0 Å². The number of sulfonamides is 1. The van der Waals surface area contributed by atoms with Crippen LogP contribution in [0.3, 0.4) is 0 Å². The molecule has 4 rings (SSSR count). The second-order valence-corrected chi connectivity index (χ2v) is 11.0. The number of fused-ring (bicyclic) bond motifs is 2. The van der Waals surface area contributed by atoms with Crippen LogP contribution in [0.2, 0.25) is 0 Å². The van der Waals surface area contributed by atoms with Crippen molar-refractivity contribution in [3.05, 3.63) is 23.8 Å². The molecule has 0 saturated carbocycles. The van der Waals surface area contributed by atoms with Crippen LogP contribution in [-0.2, 0) is 19.6 Å². The Morgan fingerprint density at radius 2 is 1.94 bits per heavy atom. The van der Waals surface area contributed by atoms with Crippen LogP contribution in [0.4, 0.5) is 5.69 Å². The fourth-order valence-corrected chi connectivity index (χ4v) is 5.44. The van der Waals surface area contributed by atoms with Crippen molar-refractivity contribution in [1.82, 2.24) is 9.80 Å². The van der Waals surface area contributed by atoms with Crippen LogP contribution >= 0.6 is 0 Å². The van der Waals surface area contributed by atoms with Gasteiger partial charge in [-0.25, -0.2) is 8.42 Å². The monoisotopic (exact) mass is 479 g/mol. The van der Waals surface area contributed by atoms with Gasteiger partial charge in [-0.2, -0.15) is 0 Å². The lowest BCUT2D eigenvalue weighted by molar-refractivity contribution is -0.143. The third-order valence-corrected chi connectivity index (χ3v) is 8.08. The van der Waals surface area contributed by atoms with Gasteiger partial charge in [0.25, 0.3) is 5.91 Å². The molecule has 0 unspecified atom stereocenters. The first-order valence-electron chi connectivity index (χ1n) is 11.7. The molecule has 0 bridgehead atoms. The van der Waals surface area contributed by atoms with Gasteiger partial charge in [-0.05, 0) is 57.2 Å². The van der Waals surface area contributed by atoms with Crippen LogP contribution in [0.25, 0.3) is 0 Å². The predicted octanol–water partition coefficient (Wildman–Crippen LogP) is 2.23. The van der Waals surface area contributed by atoms with E-state index in [1.54, 1.807) is 31.0 Å². The van der Waals surface area contributed by atoms with E-state index in [1.807, 2.05) is 4.90 Å². The number of anilines is 1. The first kappa shape index (κ1) is 23.8. The van der Waals surface area contributed by atoms with Gasteiger partial charge in [0.1, 0.15) is 18.5 Å². The van der Waals surface area contributed by atoms with Gasteiger partial charge in [-0.1, -0.05) is 0 Å². The third-order valence-electron chi connectivity index (χ3n) is 6.78. The summed E-state index contributed by atoms with van der Waals surface area (Å²) in [6.45, 7) is 3.45. The topological polar surface area (TPSA) is 105 Å². The van der Waals surface area contributed by atoms with Gasteiger partial charge in [0.2, 0.25) is 15.9 Å². The van der Waals surface area contributed by atoms with Crippen LogP contribution in [0.5, 0.6) is 5.75 Å². The Morgan fingerprint density at radius 3 is 2.67 bits per heavy atom. The zero-order valence-electron chi connectivity index (χ0n) is 19.3. The van der Waals surface area contributed by atoms with E-state index in [-0.39, 0.29) is 42.4 Å². The van der Waals surface area contributed by atoms with Crippen LogP contribution in [0.15, 0.2) is 18.2 Å². The number of likely N-dealkylation sites (tertiary alicyclic amines) is 1. The molecule has 1 aromatic carbocycles. The minimum Gasteiger partial charge on any atom is -0.490 e. The fraction of sp³-hybridized carbons (Fsp3) is 0.652. The molecule has 1 aromatic rings. The number of carbonyl (C=O) groups is 2. The molecule has 1 N–H and O–H groups in total. The van der Waals surface area contributed by atoms with Crippen molar-refractivity contribution in [3.8, 4) is 5.75 Å². The highest BCUT2D eigenvalue weighted by Crippen LogP contribution is 2.33. The van der Waals surface area contributed by atoms with Gasteiger partial charge in [-0.3, -0.25) is 14.3 Å². The van der Waals surface area contributed by atoms with E-state index in [2.05, 4.69) is 4.72 Å². The van der Waals surface area contributed by atoms with Gasteiger partial charge >= 0.3 is 0 Å². The molecule has 3 atom stereocenters. The highest BCUT2D eigenvalue weighted by molar-refractivity contribution is 7.92. The van der Waals surface area contributed by atoms with E-state index in [4.69, 9.17) is 9.47 Å². The minimum atomic E-state index is -3.46. The van der Waals surface area contributed by atoms with Crippen LogP contribution in [0.1, 0.15) is 55.8 Å². The Balaban J connectivity index is 1.46. The van der Waals surface area contributed by atoms with Crippen molar-refractivity contribution in [2.45, 2.75) is 63.7 Å². The maximum Gasteiger partial charge on any atom is 0.257 e. The summed E-state index contributed by atoms with van der Waals surface area (Å²) in [4.78, 5) is 29.5. The van der Waals surface area contributed by atoms with Gasteiger partial charge in [0.15, 0.2) is 0 Å². The van der Waals surface area contributed by atoms with Crippen molar-refractivity contribution >= 4 is 27.5 Å². The Bertz CT molecular complexity index is 992. The molecule has 2 fully saturated rings. The van der Waals surface area contributed by atoms with E-state index in [1.165, 1.54) is 12.5 Å². The van der Waals surface area contributed by atoms with Crippen molar-refractivity contribution in [2.24, 2.45) is 0 Å². The molecule has 9 nitrogen and oxygen atoms in total. The molecule has 182 valence electrons. The molecular formula is C23H33N3O6S. The highest BCUT2D eigenvalue weighted by atomic mass is 32.2. The lowest BCUT2D eigenvalue weighted by Crippen LogP contribution is -2.54. The maximum absolute atomic E-state index is 13.2. The standard InChI is InChI=1S/C23H33N3O6S/c1-3-33(29,30)24-16-7-10-20-18(13-16)23(28)25(2)19-9-8-17(32-21(19)15-31-20)14-22(27)26-11-5-4-6-12-26/h7,10,13,17,19,21,24H,3-6,8-9,11-12,14-15H2,1-2H3/t17-,19+,21-/m1/s1. The van der Waals surface area contributed by atoms with E-state index < -0.39 is 10.0 Å². The number of hydrogen-bond donors (Lipinski definition) is 1. The maximum atomic E-state index is 13.2. The van der Waals surface area contributed by atoms with Crippen LogP contribution < -0.4 is 9.46 Å². The largest absolute Gasteiger partial charge is 0.490 e. The number of likely N-dealkylation sites (N-methyl/N-ethyl adjacent to an activating group) is 1. The lowest BCUT2D eigenvalue weighted by Gasteiger charge is -2.42. The Hall–Kier alpha value is -2.33. The van der Waals surface area contributed by atoms with Gasteiger partial charge in [-0.15, -0.1) is 0 Å². The molecule has 0 radical (unpaired) electrons. The Kier molecular flexibility index (Phi) is 7.13. The fourth-order valence-electron chi connectivity index (χ4n) is 4.81. The number of carbonyl (C=O) groups excluding carboxylic acids is 2. The van der Waals surface area contributed by atoms with E-state index in [9.17, 15) is 18.0 Å². The Morgan fingerprint density at radius 1 is 1.18 bits per heavy atom. The highest BCUT2D eigenvalue weighted by Gasteiger charge is 2.39. The summed E-state index contributed by atoms with van der Waals surface area (Å²) in [5.74, 6) is 0.224.